The number of benzene rings is 3. The van der Waals surface area contributed by atoms with Crippen LogP contribution >= 0.6 is 27.7 Å². The van der Waals surface area contributed by atoms with Gasteiger partial charge in [0, 0.05) is 25.7 Å². The lowest BCUT2D eigenvalue weighted by Crippen LogP contribution is -2.37. The Bertz CT molecular complexity index is 1290. The van der Waals surface area contributed by atoms with Gasteiger partial charge in [0.15, 0.2) is 0 Å². The van der Waals surface area contributed by atoms with E-state index < -0.39 is 0 Å². The predicted octanol–water partition coefficient (Wildman–Crippen LogP) is 6.50. The molecule has 0 saturated carbocycles. The zero-order valence-electron chi connectivity index (χ0n) is 19.1. The molecule has 0 spiro atoms. The Balaban J connectivity index is 1.15. The molecule has 4 aromatic rings. The molecule has 0 bridgehead atoms. The Morgan fingerprint density at radius 2 is 1.80 bits per heavy atom. The van der Waals surface area contributed by atoms with Gasteiger partial charge in [-0.15, -0.1) is 0 Å². The Kier molecular flexibility index (Phi) is 7.61. The molecular formula is C27H25BrN4O2S. The van der Waals surface area contributed by atoms with E-state index in [-0.39, 0.29) is 11.8 Å². The summed E-state index contributed by atoms with van der Waals surface area (Å²) in [6.07, 6.45) is 1.60. The van der Waals surface area contributed by atoms with Crippen LogP contribution in [0.25, 0.3) is 11.4 Å². The number of halogens is 1. The van der Waals surface area contributed by atoms with E-state index in [1.807, 2.05) is 66.7 Å². The van der Waals surface area contributed by atoms with Crippen molar-refractivity contribution in [3.63, 3.8) is 0 Å². The molecule has 1 N–H and O–H groups in total. The number of para-hydroxylation sites is 1. The van der Waals surface area contributed by atoms with E-state index in [2.05, 4.69) is 48.4 Å². The fourth-order valence-electron chi connectivity index (χ4n) is 4.12. The monoisotopic (exact) mass is 548 g/mol. The molecule has 0 radical (unpaired) electrons. The minimum Gasteiger partial charge on any atom is -0.338 e. The lowest BCUT2D eigenvalue weighted by molar-refractivity contribution is -0.121. The molecule has 1 fully saturated rings. The zero-order chi connectivity index (χ0) is 24.0. The van der Waals surface area contributed by atoms with Crippen molar-refractivity contribution in [1.29, 1.82) is 0 Å². The number of carbonyl (C=O) groups excluding carboxylic acids is 1. The Labute approximate surface area is 217 Å². The van der Waals surface area contributed by atoms with Gasteiger partial charge in [0.25, 0.3) is 0 Å². The first-order chi connectivity index (χ1) is 17.1. The van der Waals surface area contributed by atoms with Crippen LogP contribution in [0.1, 0.15) is 18.7 Å². The lowest BCUT2D eigenvalue weighted by Gasteiger charge is -2.30. The number of nitrogens with one attached hydrogen (secondary N) is 1. The number of nitrogens with zero attached hydrogens (tertiary/aromatic N) is 3. The van der Waals surface area contributed by atoms with Crippen LogP contribution in [0.5, 0.6) is 0 Å². The maximum atomic E-state index is 13.0. The van der Waals surface area contributed by atoms with Crippen LogP contribution in [0, 0.1) is 5.92 Å². The van der Waals surface area contributed by atoms with E-state index in [1.165, 1.54) is 0 Å². The fraction of sp³-hybridized carbons (Fsp3) is 0.222. The molecule has 1 aliphatic rings. The van der Waals surface area contributed by atoms with Gasteiger partial charge in [-0.25, -0.2) is 0 Å². The number of hydrogen-bond donors (Lipinski definition) is 1. The standard InChI is InChI=1S/C27H25BrN4O2S/c28-21-8-6-7-20(17-21)26-30-25(34-31-26)18-32-15-13-19(14-16-32)27(33)29-23-11-4-5-12-24(23)35-22-9-2-1-3-10-22/h1-12,17,19H,13-16,18H2,(H,29,33). The maximum absolute atomic E-state index is 13.0. The second-order valence-corrected chi connectivity index (χ2v) is 10.5. The normalized spacial score (nSPS) is 14.7. The molecule has 35 heavy (non-hydrogen) atoms. The molecule has 8 heteroatoms. The highest BCUT2D eigenvalue weighted by molar-refractivity contribution is 9.10. The number of piperidine rings is 1. The van der Waals surface area contributed by atoms with Crippen LogP contribution in [-0.4, -0.2) is 34.0 Å². The van der Waals surface area contributed by atoms with Crippen molar-refractivity contribution in [3.05, 3.63) is 89.2 Å². The summed E-state index contributed by atoms with van der Waals surface area (Å²) >= 11 is 5.13. The van der Waals surface area contributed by atoms with Crippen molar-refractivity contribution < 1.29 is 9.32 Å². The van der Waals surface area contributed by atoms with E-state index >= 15 is 0 Å². The fourth-order valence-corrected chi connectivity index (χ4v) is 5.44. The number of aromatic nitrogens is 2. The average molecular weight is 549 g/mol. The number of rotatable bonds is 7. The van der Waals surface area contributed by atoms with E-state index in [0.717, 1.165) is 51.4 Å². The second kappa shape index (κ2) is 11.2. The summed E-state index contributed by atoms with van der Waals surface area (Å²) in [5.41, 5.74) is 1.77. The zero-order valence-corrected chi connectivity index (χ0v) is 21.5. The third kappa shape index (κ3) is 6.20. The summed E-state index contributed by atoms with van der Waals surface area (Å²) in [6, 6.07) is 26.0. The molecule has 1 aromatic heterocycles. The van der Waals surface area contributed by atoms with Gasteiger partial charge >= 0.3 is 0 Å². The summed E-state index contributed by atoms with van der Waals surface area (Å²) in [5, 5.41) is 7.29. The summed E-state index contributed by atoms with van der Waals surface area (Å²) in [6.45, 7) is 2.21. The van der Waals surface area contributed by atoms with E-state index in [0.29, 0.717) is 18.3 Å². The number of hydrogen-bond acceptors (Lipinski definition) is 6. The van der Waals surface area contributed by atoms with Crippen molar-refractivity contribution in [2.45, 2.75) is 29.2 Å². The molecule has 1 aliphatic heterocycles. The first-order valence-corrected chi connectivity index (χ1v) is 13.2. The summed E-state index contributed by atoms with van der Waals surface area (Å²) in [4.78, 5) is 22.0. The number of anilines is 1. The lowest BCUT2D eigenvalue weighted by atomic mass is 9.96. The molecule has 0 unspecified atom stereocenters. The van der Waals surface area contributed by atoms with Gasteiger partial charge in [0.2, 0.25) is 17.6 Å². The third-order valence-electron chi connectivity index (χ3n) is 5.98. The Morgan fingerprint density at radius 1 is 1.03 bits per heavy atom. The first-order valence-electron chi connectivity index (χ1n) is 11.6. The predicted molar refractivity (Wildman–Crippen MR) is 141 cm³/mol. The highest BCUT2D eigenvalue weighted by Gasteiger charge is 2.26. The molecule has 3 aromatic carbocycles. The van der Waals surface area contributed by atoms with Crippen LogP contribution < -0.4 is 5.32 Å². The van der Waals surface area contributed by atoms with Crippen molar-refractivity contribution in [2.75, 3.05) is 18.4 Å². The quantitative estimate of drug-likeness (QED) is 0.284. The minimum absolute atomic E-state index is 0.0130. The van der Waals surface area contributed by atoms with Gasteiger partial charge in [0.1, 0.15) is 0 Å². The van der Waals surface area contributed by atoms with Gasteiger partial charge < -0.3 is 9.84 Å². The molecule has 6 nitrogen and oxygen atoms in total. The van der Waals surface area contributed by atoms with Gasteiger partial charge in [-0.1, -0.05) is 75.3 Å². The van der Waals surface area contributed by atoms with Gasteiger partial charge in [0.05, 0.1) is 12.2 Å². The summed E-state index contributed by atoms with van der Waals surface area (Å²) in [7, 11) is 0. The van der Waals surface area contributed by atoms with Crippen LogP contribution in [0.3, 0.4) is 0 Å². The van der Waals surface area contributed by atoms with Crippen LogP contribution in [0.4, 0.5) is 5.69 Å². The molecule has 2 heterocycles. The number of likely N-dealkylation sites (tertiary alicyclic amines) is 1. The van der Waals surface area contributed by atoms with Crippen LogP contribution in [0.2, 0.25) is 0 Å². The van der Waals surface area contributed by atoms with Crippen molar-refractivity contribution in [1.82, 2.24) is 15.0 Å². The molecule has 0 atom stereocenters. The number of amides is 1. The molecule has 0 aliphatic carbocycles. The molecule has 1 amide bonds. The Morgan fingerprint density at radius 3 is 2.60 bits per heavy atom. The first kappa shape index (κ1) is 23.8. The van der Waals surface area contributed by atoms with Crippen LogP contribution in [-0.2, 0) is 11.3 Å². The topological polar surface area (TPSA) is 71.3 Å². The van der Waals surface area contributed by atoms with Crippen molar-refractivity contribution >= 4 is 39.3 Å². The maximum Gasteiger partial charge on any atom is 0.241 e. The number of carbonyl (C=O) groups is 1. The Hall–Kier alpha value is -2.94. The van der Waals surface area contributed by atoms with Crippen LogP contribution in [0.15, 0.2) is 97.6 Å². The van der Waals surface area contributed by atoms with Crippen molar-refractivity contribution in [2.24, 2.45) is 5.92 Å². The smallest absolute Gasteiger partial charge is 0.241 e. The highest BCUT2D eigenvalue weighted by Crippen LogP contribution is 2.34. The highest BCUT2D eigenvalue weighted by atomic mass is 79.9. The summed E-state index contributed by atoms with van der Waals surface area (Å²) in [5.74, 6) is 1.25. The van der Waals surface area contributed by atoms with E-state index in [9.17, 15) is 4.79 Å². The van der Waals surface area contributed by atoms with Crippen molar-refractivity contribution in [3.8, 4) is 11.4 Å². The average Bonchev–Trinajstić information content (AvgIpc) is 3.35. The molecule has 1 saturated heterocycles. The molecule has 5 rings (SSSR count). The SMILES string of the molecule is O=C(Nc1ccccc1Sc1ccccc1)C1CCN(Cc2nc(-c3cccc(Br)c3)no2)CC1. The summed E-state index contributed by atoms with van der Waals surface area (Å²) < 4.78 is 6.45. The largest absolute Gasteiger partial charge is 0.338 e. The molecule has 178 valence electrons. The van der Waals surface area contributed by atoms with E-state index in [4.69, 9.17) is 4.52 Å². The van der Waals surface area contributed by atoms with Gasteiger partial charge in [-0.3, -0.25) is 9.69 Å². The third-order valence-corrected chi connectivity index (χ3v) is 7.56. The van der Waals surface area contributed by atoms with E-state index in [1.54, 1.807) is 11.8 Å². The van der Waals surface area contributed by atoms with Gasteiger partial charge in [-0.05, 0) is 62.3 Å². The van der Waals surface area contributed by atoms with Gasteiger partial charge in [-0.2, -0.15) is 4.98 Å². The minimum atomic E-state index is -0.0130. The second-order valence-electron chi connectivity index (χ2n) is 8.47. The molecular weight excluding hydrogens is 524 g/mol.